The van der Waals surface area contributed by atoms with Gasteiger partial charge in [-0.15, -0.1) is 0 Å². The van der Waals surface area contributed by atoms with E-state index >= 15 is 0 Å². The molecule has 0 saturated carbocycles. The van der Waals surface area contributed by atoms with E-state index < -0.39 is 21.9 Å². The molecule has 1 heterocycles. The zero-order valence-electron chi connectivity index (χ0n) is 10.9. The molecule has 1 aliphatic heterocycles. The fourth-order valence-corrected chi connectivity index (χ4v) is 5.16. The number of aliphatic hydroxyl groups is 1. The first-order valence-corrected chi connectivity index (χ1v) is 8.78. The van der Waals surface area contributed by atoms with E-state index in [4.69, 9.17) is 0 Å². The quantitative estimate of drug-likeness (QED) is 0.895. The number of aliphatic hydroxyl groups excluding tert-OH is 1. The van der Waals surface area contributed by atoms with Gasteiger partial charge in [0, 0.05) is 17.1 Å². The number of hydrogen-bond donors (Lipinski definition) is 1. The highest BCUT2D eigenvalue weighted by molar-refractivity contribution is 9.10. The summed E-state index contributed by atoms with van der Waals surface area (Å²) in [6.45, 7) is 0.190. The van der Waals surface area contributed by atoms with Gasteiger partial charge in [-0.25, -0.2) is 12.8 Å². The zero-order valence-corrected chi connectivity index (χ0v) is 13.3. The molecule has 0 bridgehead atoms. The van der Waals surface area contributed by atoms with Gasteiger partial charge in [-0.2, -0.15) is 4.31 Å². The van der Waals surface area contributed by atoms with E-state index in [9.17, 15) is 17.9 Å². The minimum Gasteiger partial charge on any atom is -0.395 e. The monoisotopic (exact) mass is 365 g/mol. The van der Waals surface area contributed by atoms with Crippen LogP contribution in [-0.2, 0) is 10.0 Å². The second-order valence-corrected chi connectivity index (χ2v) is 7.59. The first kappa shape index (κ1) is 15.9. The third kappa shape index (κ3) is 3.21. The highest BCUT2D eigenvalue weighted by Crippen LogP contribution is 2.29. The van der Waals surface area contributed by atoms with Crippen LogP contribution in [0.4, 0.5) is 4.39 Å². The molecule has 0 aliphatic carbocycles. The molecule has 1 atom stereocenters. The summed E-state index contributed by atoms with van der Waals surface area (Å²) in [5.74, 6) is -0.495. The molecule has 1 fully saturated rings. The largest absolute Gasteiger partial charge is 0.395 e. The normalized spacial score (nSPS) is 21.6. The molecular weight excluding hydrogens is 349 g/mol. The van der Waals surface area contributed by atoms with Crippen LogP contribution < -0.4 is 0 Å². The van der Waals surface area contributed by atoms with Gasteiger partial charge in [0.15, 0.2) is 0 Å². The summed E-state index contributed by atoms with van der Waals surface area (Å²) in [7, 11) is -3.73. The van der Waals surface area contributed by atoms with Crippen LogP contribution in [0, 0.1) is 5.82 Å². The second kappa shape index (κ2) is 6.51. The van der Waals surface area contributed by atoms with Gasteiger partial charge in [0.25, 0.3) is 0 Å². The maximum Gasteiger partial charge on any atom is 0.244 e. The van der Waals surface area contributed by atoms with Crippen LogP contribution in [0.15, 0.2) is 27.6 Å². The van der Waals surface area contributed by atoms with Gasteiger partial charge in [0.1, 0.15) is 5.82 Å². The summed E-state index contributed by atoms with van der Waals surface area (Å²) in [5, 5.41) is 9.43. The molecule has 0 radical (unpaired) electrons. The van der Waals surface area contributed by atoms with E-state index in [1.807, 2.05) is 0 Å². The standard InChI is InChI=1S/C13H17BrFNO3S/c14-12-8-10(15)5-6-13(12)20(18,19)16-7-3-1-2-4-11(16)9-17/h5-6,8,11,17H,1-4,7,9H2. The Labute approximate surface area is 126 Å². The molecule has 4 nitrogen and oxygen atoms in total. The molecule has 0 spiro atoms. The predicted octanol–water partition coefficient (Wildman–Crippen LogP) is 2.51. The average molecular weight is 366 g/mol. The van der Waals surface area contributed by atoms with Crippen molar-refractivity contribution < 1.29 is 17.9 Å². The van der Waals surface area contributed by atoms with E-state index in [2.05, 4.69) is 15.9 Å². The lowest BCUT2D eigenvalue weighted by atomic mass is 10.1. The Morgan fingerprint density at radius 2 is 2.10 bits per heavy atom. The van der Waals surface area contributed by atoms with Crippen LogP contribution in [0.1, 0.15) is 25.7 Å². The second-order valence-electron chi connectivity index (χ2n) is 4.88. The molecular formula is C13H17BrFNO3S. The summed E-state index contributed by atoms with van der Waals surface area (Å²) in [4.78, 5) is 0.0410. The maximum absolute atomic E-state index is 13.1. The highest BCUT2D eigenvalue weighted by Gasteiger charge is 2.33. The van der Waals surface area contributed by atoms with Crippen molar-refractivity contribution in [1.29, 1.82) is 0 Å². The average Bonchev–Trinajstić information content (AvgIpc) is 2.63. The van der Waals surface area contributed by atoms with Crippen molar-refractivity contribution in [3.63, 3.8) is 0 Å². The van der Waals surface area contributed by atoms with Crippen LogP contribution >= 0.6 is 15.9 Å². The van der Waals surface area contributed by atoms with E-state index in [1.54, 1.807) is 0 Å². The van der Waals surface area contributed by atoms with Crippen molar-refractivity contribution in [2.45, 2.75) is 36.6 Å². The Hall–Kier alpha value is -0.500. The fourth-order valence-electron chi connectivity index (χ4n) is 2.46. The Morgan fingerprint density at radius 1 is 1.35 bits per heavy atom. The molecule has 2 rings (SSSR count). The number of benzene rings is 1. The van der Waals surface area contributed by atoms with Crippen molar-refractivity contribution in [2.24, 2.45) is 0 Å². The Bertz CT molecular complexity index is 579. The molecule has 1 aromatic carbocycles. The van der Waals surface area contributed by atoms with Crippen molar-refractivity contribution in [2.75, 3.05) is 13.2 Å². The number of halogens is 2. The lowest BCUT2D eigenvalue weighted by molar-refractivity contribution is 0.186. The minimum absolute atomic E-state index is 0.0410. The molecule has 20 heavy (non-hydrogen) atoms. The van der Waals surface area contributed by atoms with Gasteiger partial charge in [-0.3, -0.25) is 0 Å². The molecule has 1 aliphatic rings. The summed E-state index contributed by atoms with van der Waals surface area (Å²) in [6.07, 6.45) is 3.28. The van der Waals surface area contributed by atoms with Crippen LogP contribution in [0.2, 0.25) is 0 Å². The van der Waals surface area contributed by atoms with Crippen LogP contribution in [-0.4, -0.2) is 37.0 Å². The molecule has 1 saturated heterocycles. The molecule has 0 amide bonds. The third-order valence-corrected chi connectivity index (χ3v) is 6.44. The zero-order chi connectivity index (χ0) is 14.8. The Kier molecular flexibility index (Phi) is 5.17. The molecule has 112 valence electrons. The van der Waals surface area contributed by atoms with Gasteiger partial charge in [0.2, 0.25) is 10.0 Å². The van der Waals surface area contributed by atoms with Crippen molar-refractivity contribution in [3.8, 4) is 0 Å². The van der Waals surface area contributed by atoms with Gasteiger partial charge in [-0.05, 0) is 47.0 Å². The van der Waals surface area contributed by atoms with Crippen LogP contribution in [0.5, 0.6) is 0 Å². The number of sulfonamides is 1. The van der Waals surface area contributed by atoms with Crippen molar-refractivity contribution in [3.05, 3.63) is 28.5 Å². The minimum atomic E-state index is -3.73. The first-order valence-electron chi connectivity index (χ1n) is 6.54. The summed E-state index contributed by atoms with van der Waals surface area (Å²) >= 11 is 3.10. The smallest absolute Gasteiger partial charge is 0.244 e. The summed E-state index contributed by atoms with van der Waals surface area (Å²) in [6, 6.07) is 3.12. The molecule has 1 aromatic rings. The Morgan fingerprint density at radius 3 is 2.75 bits per heavy atom. The van der Waals surface area contributed by atoms with Crippen LogP contribution in [0.3, 0.4) is 0 Å². The molecule has 1 N–H and O–H groups in total. The molecule has 0 aromatic heterocycles. The predicted molar refractivity (Wildman–Crippen MR) is 77.3 cm³/mol. The number of rotatable bonds is 3. The van der Waals surface area contributed by atoms with Gasteiger partial charge >= 0.3 is 0 Å². The number of nitrogens with zero attached hydrogens (tertiary/aromatic N) is 1. The molecule has 1 unspecified atom stereocenters. The van der Waals surface area contributed by atoms with Gasteiger partial charge in [0.05, 0.1) is 11.5 Å². The van der Waals surface area contributed by atoms with Crippen molar-refractivity contribution in [1.82, 2.24) is 4.31 Å². The van der Waals surface area contributed by atoms with E-state index in [0.717, 1.165) is 31.4 Å². The van der Waals surface area contributed by atoms with E-state index in [1.165, 1.54) is 10.4 Å². The third-order valence-electron chi connectivity index (χ3n) is 3.51. The lowest BCUT2D eigenvalue weighted by Crippen LogP contribution is -2.42. The summed E-state index contributed by atoms with van der Waals surface area (Å²) < 4.78 is 40.1. The maximum atomic E-state index is 13.1. The van der Waals surface area contributed by atoms with Crippen molar-refractivity contribution >= 4 is 26.0 Å². The molecule has 7 heteroatoms. The first-order chi connectivity index (χ1) is 9.46. The highest BCUT2D eigenvalue weighted by atomic mass is 79.9. The Balaban J connectivity index is 2.41. The van der Waals surface area contributed by atoms with Crippen LogP contribution in [0.25, 0.3) is 0 Å². The number of hydrogen-bond acceptors (Lipinski definition) is 3. The topological polar surface area (TPSA) is 57.6 Å². The lowest BCUT2D eigenvalue weighted by Gasteiger charge is -2.28. The fraction of sp³-hybridized carbons (Fsp3) is 0.538. The SMILES string of the molecule is O=S(=O)(c1ccc(F)cc1Br)N1CCCCCC1CO. The summed E-state index contributed by atoms with van der Waals surface area (Å²) in [5.41, 5.74) is 0. The van der Waals surface area contributed by atoms with E-state index in [0.29, 0.717) is 13.0 Å². The van der Waals surface area contributed by atoms with E-state index in [-0.39, 0.29) is 16.0 Å². The van der Waals surface area contributed by atoms with Gasteiger partial charge < -0.3 is 5.11 Å². The van der Waals surface area contributed by atoms with Gasteiger partial charge in [-0.1, -0.05) is 12.8 Å².